The molecular weight excluding hydrogens is 350 g/mol. The second-order valence-corrected chi connectivity index (χ2v) is 7.31. The predicted octanol–water partition coefficient (Wildman–Crippen LogP) is 2.70. The van der Waals surface area contributed by atoms with Gasteiger partial charge < -0.3 is 25.1 Å². The Morgan fingerprint density at radius 3 is 2.00 bits per heavy atom. The fraction of sp³-hybridized carbons (Fsp3) is 0.600. The maximum absolute atomic E-state index is 13.0. The minimum atomic E-state index is -1.41. The van der Waals surface area contributed by atoms with E-state index in [0.717, 1.165) is 0 Å². The molecule has 1 aromatic rings. The number of methoxy groups -OCH3 is 2. The minimum absolute atomic E-state index is 0.240. The van der Waals surface area contributed by atoms with Gasteiger partial charge in [0.1, 0.15) is 17.0 Å². The largest absolute Gasteiger partial charge is 0.497 e. The van der Waals surface area contributed by atoms with E-state index >= 15 is 0 Å². The van der Waals surface area contributed by atoms with Crippen LogP contribution in [0.2, 0.25) is 0 Å². The zero-order valence-electron chi connectivity index (χ0n) is 16.4. The average molecular weight is 379 g/mol. The van der Waals surface area contributed by atoms with Gasteiger partial charge in [-0.1, -0.05) is 0 Å². The molecule has 0 amide bonds. The van der Waals surface area contributed by atoms with Gasteiger partial charge in [0.25, 0.3) is 0 Å². The molecule has 1 aliphatic rings. The predicted molar refractivity (Wildman–Crippen MR) is 99.7 cm³/mol. The number of hydrogen-bond donors (Lipinski definition) is 2. The number of carboxylic acid groups (broad SMARTS) is 1. The zero-order chi connectivity index (χ0) is 20.2. The molecule has 7 heteroatoms. The number of benzene rings is 1. The van der Waals surface area contributed by atoms with E-state index in [2.05, 4.69) is 0 Å². The highest BCUT2D eigenvalue weighted by Gasteiger charge is 2.47. The zero-order valence-corrected chi connectivity index (χ0v) is 16.4. The number of nitrogens with two attached hydrogens (primary N) is 1. The highest BCUT2D eigenvalue weighted by atomic mass is 16.5. The SMILES string of the molecule is COc1cc(OC)cc(C(N)(C(=O)OC(C)C)C2CCC(C(=O)O)CC2)c1. The summed E-state index contributed by atoms with van der Waals surface area (Å²) in [6.45, 7) is 3.54. The maximum atomic E-state index is 13.0. The quantitative estimate of drug-likeness (QED) is 0.701. The molecule has 0 aliphatic heterocycles. The van der Waals surface area contributed by atoms with Gasteiger partial charge in [0.15, 0.2) is 0 Å². The first-order chi connectivity index (χ1) is 12.7. The van der Waals surface area contributed by atoms with Crippen LogP contribution in [0.4, 0.5) is 0 Å². The Morgan fingerprint density at radius 1 is 1.07 bits per heavy atom. The van der Waals surface area contributed by atoms with Crippen molar-refractivity contribution in [3.8, 4) is 11.5 Å². The molecular formula is C20H29NO6. The molecule has 0 saturated heterocycles. The molecule has 2 rings (SSSR count). The Hall–Kier alpha value is -2.28. The molecule has 7 nitrogen and oxygen atoms in total. The van der Waals surface area contributed by atoms with Gasteiger partial charge >= 0.3 is 11.9 Å². The number of carboxylic acids is 1. The Labute approximate surface area is 159 Å². The second kappa shape index (κ2) is 8.61. The summed E-state index contributed by atoms with van der Waals surface area (Å²) in [6.07, 6.45) is 1.70. The van der Waals surface area contributed by atoms with Gasteiger partial charge in [-0.2, -0.15) is 0 Å². The summed E-state index contributed by atoms with van der Waals surface area (Å²) >= 11 is 0. The molecule has 0 bridgehead atoms. The van der Waals surface area contributed by atoms with E-state index in [1.54, 1.807) is 32.0 Å². The molecule has 1 saturated carbocycles. The minimum Gasteiger partial charge on any atom is -0.497 e. The molecule has 1 atom stereocenters. The summed E-state index contributed by atoms with van der Waals surface area (Å²) in [4.78, 5) is 24.3. The molecule has 150 valence electrons. The van der Waals surface area contributed by atoms with Gasteiger partial charge in [-0.25, -0.2) is 4.79 Å². The summed E-state index contributed by atoms with van der Waals surface area (Å²) in [5.41, 5.74) is 5.86. The highest BCUT2D eigenvalue weighted by Crippen LogP contribution is 2.42. The van der Waals surface area contributed by atoms with Crippen LogP contribution in [0.25, 0.3) is 0 Å². The van der Waals surface area contributed by atoms with Crippen molar-refractivity contribution in [1.82, 2.24) is 0 Å². The van der Waals surface area contributed by atoms with Crippen LogP contribution in [-0.2, 0) is 19.9 Å². The summed E-state index contributed by atoms with van der Waals surface area (Å²) < 4.78 is 16.1. The van der Waals surface area contributed by atoms with Gasteiger partial charge in [0.2, 0.25) is 0 Å². The first kappa shape index (κ1) is 21.0. The highest BCUT2D eigenvalue weighted by molar-refractivity contribution is 5.83. The molecule has 1 unspecified atom stereocenters. The molecule has 1 aromatic carbocycles. The van der Waals surface area contributed by atoms with Crippen LogP contribution in [0.15, 0.2) is 18.2 Å². The standard InChI is InChI=1S/C20H29NO6/c1-12(2)27-19(24)20(21,14-7-5-13(6-8-14)18(22)23)15-9-16(25-3)11-17(10-15)26-4/h9-14H,5-8,21H2,1-4H3,(H,22,23). The molecule has 0 spiro atoms. The second-order valence-electron chi connectivity index (χ2n) is 7.31. The first-order valence-corrected chi connectivity index (χ1v) is 9.18. The van der Waals surface area contributed by atoms with Gasteiger partial charge in [-0.15, -0.1) is 0 Å². The lowest BCUT2D eigenvalue weighted by atomic mass is 9.69. The van der Waals surface area contributed by atoms with Crippen LogP contribution in [-0.4, -0.2) is 37.4 Å². The fourth-order valence-electron chi connectivity index (χ4n) is 3.67. The van der Waals surface area contributed by atoms with Crippen LogP contribution in [0, 0.1) is 11.8 Å². The number of carbonyl (C=O) groups is 2. The third kappa shape index (κ3) is 4.53. The third-order valence-corrected chi connectivity index (χ3v) is 5.23. The lowest BCUT2D eigenvalue weighted by Crippen LogP contribution is -2.53. The topological polar surface area (TPSA) is 108 Å². The molecule has 0 aromatic heterocycles. The Balaban J connectivity index is 2.45. The lowest BCUT2D eigenvalue weighted by molar-refractivity contribution is -0.158. The Morgan fingerprint density at radius 2 is 1.59 bits per heavy atom. The van der Waals surface area contributed by atoms with Crippen molar-refractivity contribution < 1.29 is 28.9 Å². The molecule has 1 aliphatic carbocycles. The monoisotopic (exact) mass is 379 g/mol. The van der Waals surface area contributed by atoms with Crippen LogP contribution in [0.5, 0.6) is 11.5 Å². The molecule has 0 radical (unpaired) electrons. The van der Waals surface area contributed by atoms with Crippen molar-refractivity contribution >= 4 is 11.9 Å². The van der Waals surface area contributed by atoms with Gasteiger partial charge in [0, 0.05) is 6.07 Å². The van der Waals surface area contributed by atoms with E-state index in [-0.39, 0.29) is 12.0 Å². The smallest absolute Gasteiger partial charge is 0.331 e. The van der Waals surface area contributed by atoms with E-state index < -0.39 is 23.4 Å². The van der Waals surface area contributed by atoms with E-state index in [4.69, 9.17) is 19.9 Å². The summed E-state index contributed by atoms with van der Waals surface area (Å²) in [7, 11) is 3.06. The molecule has 27 heavy (non-hydrogen) atoms. The Kier molecular flexibility index (Phi) is 6.70. The number of rotatable bonds is 7. The fourth-order valence-corrected chi connectivity index (χ4v) is 3.67. The van der Waals surface area contributed by atoms with E-state index in [1.807, 2.05) is 0 Å². The normalized spacial score (nSPS) is 22.0. The van der Waals surface area contributed by atoms with Crippen molar-refractivity contribution in [2.24, 2.45) is 17.6 Å². The van der Waals surface area contributed by atoms with Crippen LogP contribution in [0.3, 0.4) is 0 Å². The van der Waals surface area contributed by atoms with Crippen LogP contribution in [0.1, 0.15) is 45.1 Å². The maximum Gasteiger partial charge on any atom is 0.331 e. The molecule has 3 N–H and O–H groups in total. The van der Waals surface area contributed by atoms with Gasteiger partial charge in [0.05, 0.1) is 26.2 Å². The van der Waals surface area contributed by atoms with Crippen molar-refractivity contribution in [2.45, 2.75) is 51.2 Å². The van der Waals surface area contributed by atoms with Gasteiger partial charge in [-0.3, -0.25) is 4.79 Å². The van der Waals surface area contributed by atoms with Crippen LogP contribution >= 0.6 is 0 Å². The van der Waals surface area contributed by atoms with Crippen molar-refractivity contribution in [3.05, 3.63) is 23.8 Å². The number of ether oxygens (including phenoxy) is 3. The number of carbonyl (C=O) groups excluding carboxylic acids is 1. The van der Waals surface area contributed by atoms with Crippen molar-refractivity contribution in [2.75, 3.05) is 14.2 Å². The summed E-state index contributed by atoms with van der Waals surface area (Å²) in [6, 6.07) is 5.14. The average Bonchev–Trinajstić information content (AvgIpc) is 2.66. The Bertz CT molecular complexity index is 659. The number of aliphatic carboxylic acids is 1. The van der Waals surface area contributed by atoms with Crippen molar-refractivity contribution in [1.29, 1.82) is 0 Å². The summed E-state index contributed by atoms with van der Waals surface area (Å²) in [5, 5.41) is 9.25. The number of esters is 1. The molecule has 0 heterocycles. The van der Waals surface area contributed by atoms with Gasteiger partial charge in [-0.05, 0) is 63.1 Å². The van der Waals surface area contributed by atoms with E-state index in [0.29, 0.717) is 42.7 Å². The van der Waals surface area contributed by atoms with Crippen LogP contribution < -0.4 is 15.2 Å². The van der Waals surface area contributed by atoms with E-state index in [9.17, 15) is 14.7 Å². The third-order valence-electron chi connectivity index (χ3n) is 5.23. The first-order valence-electron chi connectivity index (χ1n) is 9.18. The number of hydrogen-bond acceptors (Lipinski definition) is 6. The lowest BCUT2D eigenvalue weighted by Gasteiger charge is -2.39. The molecule has 1 fully saturated rings. The van der Waals surface area contributed by atoms with Crippen molar-refractivity contribution in [3.63, 3.8) is 0 Å². The summed E-state index contributed by atoms with van der Waals surface area (Å²) in [5.74, 6) is -0.912. The van der Waals surface area contributed by atoms with E-state index in [1.165, 1.54) is 14.2 Å².